The maximum Gasteiger partial charge on any atom is 0.204 e. The summed E-state index contributed by atoms with van der Waals surface area (Å²) in [6.07, 6.45) is 1.51. The van der Waals surface area contributed by atoms with E-state index in [2.05, 4.69) is 4.98 Å². The average Bonchev–Trinajstić information content (AvgIpc) is 2.40. The summed E-state index contributed by atoms with van der Waals surface area (Å²) < 4.78 is 0. The molecule has 0 atom stereocenters. The van der Waals surface area contributed by atoms with Crippen molar-refractivity contribution in [2.75, 3.05) is 5.01 Å². The van der Waals surface area contributed by atoms with E-state index in [1.54, 1.807) is 42.5 Å². The van der Waals surface area contributed by atoms with Crippen molar-refractivity contribution < 1.29 is 5.03 Å². The molecular formula is C12H12N4O2. The zero-order valence-electron chi connectivity index (χ0n) is 9.56. The molecule has 0 radical (unpaired) electrons. The number of hydrazine groups is 1. The van der Waals surface area contributed by atoms with E-state index in [1.807, 2.05) is 0 Å². The van der Waals surface area contributed by atoms with Crippen LogP contribution in [0.5, 0.6) is 0 Å². The fourth-order valence-corrected chi connectivity index (χ4v) is 1.64. The molecular weight excluding hydrogens is 232 g/mol. The molecule has 6 heteroatoms. The van der Waals surface area contributed by atoms with Gasteiger partial charge in [0.2, 0.25) is 5.82 Å². The molecule has 0 aliphatic heterocycles. The molecule has 0 fully saturated rings. The van der Waals surface area contributed by atoms with Crippen molar-refractivity contribution in [1.29, 1.82) is 0 Å². The van der Waals surface area contributed by atoms with Gasteiger partial charge in [0, 0.05) is 18.3 Å². The van der Waals surface area contributed by atoms with E-state index in [0.29, 0.717) is 11.3 Å². The second kappa shape index (κ2) is 5.24. The Balaban J connectivity index is 2.52. The first-order valence-electron chi connectivity index (χ1n) is 5.37. The highest BCUT2D eigenvalue weighted by atomic mass is 16.7. The number of hydrogen-bond acceptors (Lipinski definition) is 4. The Morgan fingerprint density at radius 3 is 2.56 bits per heavy atom. The van der Waals surface area contributed by atoms with E-state index in [4.69, 9.17) is 5.73 Å². The van der Waals surface area contributed by atoms with Gasteiger partial charge in [-0.25, -0.2) is 15.1 Å². The van der Waals surface area contributed by atoms with Gasteiger partial charge < -0.3 is 5.73 Å². The van der Waals surface area contributed by atoms with Crippen LogP contribution in [0.2, 0.25) is 0 Å². The third kappa shape index (κ3) is 2.28. The number of nitro groups is 1. The lowest BCUT2D eigenvalue weighted by Crippen LogP contribution is -2.26. The molecule has 0 aliphatic rings. The number of hydrogen-bond donors (Lipinski definition) is 1. The normalized spacial score (nSPS) is 10.1. The van der Waals surface area contributed by atoms with Crippen LogP contribution in [0.25, 0.3) is 0 Å². The molecule has 2 N–H and O–H groups in total. The number of aromatic nitrogens is 1. The second-order valence-electron chi connectivity index (χ2n) is 3.58. The third-order valence-electron chi connectivity index (χ3n) is 2.45. The van der Waals surface area contributed by atoms with Gasteiger partial charge in [-0.3, -0.25) is 0 Å². The van der Waals surface area contributed by atoms with Crippen LogP contribution < -0.4 is 10.7 Å². The number of para-hydroxylation sites is 1. The van der Waals surface area contributed by atoms with Crippen LogP contribution in [0.3, 0.4) is 0 Å². The summed E-state index contributed by atoms with van der Waals surface area (Å²) in [5, 5.41) is 11.6. The van der Waals surface area contributed by atoms with Crippen LogP contribution in [-0.4, -0.2) is 10.0 Å². The largest absolute Gasteiger partial charge is 0.326 e. The van der Waals surface area contributed by atoms with Gasteiger partial charge in [-0.05, 0) is 23.2 Å². The van der Waals surface area contributed by atoms with Gasteiger partial charge in [-0.15, -0.1) is 0 Å². The minimum atomic E-state index is -0.503. The van der Waals surface area contributed by atoms with Gasteiger partial charge in [0.25, 0.3) is 0 Å². The first-order chi connectivity index (χ1) is 8.74. The van der Waals surface area contributed by atoms with Crippen LogP contribution in [0.1, 0.15) is 5.56 Å². The lowest BCUT2D eigenvalue weighted by Gasteiger charge is -2.15. The van der Waals surface area contributed by atoms with Gasteiger partial charge in [-0.2, -0.15) is 0 Å². The highest BCUT2D eigenvalue weighted by molar-refractivity contribution is 5.59. The molecule has 0 unspecified atom stereocenters. The molecule has 1 heterocycles. The van der Waals surface area contributed by atoms with Crippen molar-refractivity contribution in [2.24, 2.45) is 5.73 Å². The number of anilines is 2. The van der Waals surface area contributed by atoms with Gasteiger partial charge >= 0.3 is 0 Å². The van der Waals surface area contributed by atoms with E-state index in [-0.39, 0.29) is 12.4 Å². The lowest BCUT2D eigenvalue weighted by atomic mass is 10.2. The molecule has 2 aromatic rings. The molecule has 1 aromatic carbocycles. The fourth-order valence-electron chi connectivity index (χ4n) is 1.64. The number of benzene rings is 1. The van der Waals surface area contributed by atoms with E-state index < -0.39 is 5.03 Å². The molecule has 0 aliphatic carbocycles. The molecule has 0 saturated heterocycles. The van der Waals surface area contributed by atoms with Crippen LogP contribution in [0.15, 0.2) is 48.7 Å². The maximum absolute atomic E-state index is 11.2. The summed E-state index contributed by atoms with van der Waals surface area (Å²) in [6.45, 7) is 0.195. The van der Waals surface area contributed by atoms with Crippen molar-refractivity contribution in [3.05, 3.63) is 64.3 Å². The van der Waals surface area contributed by atoms with Crippen LogP contribution in [-0.2, 0) is 6.54 Å². The van der Waals surface area contributed by atoms with Crippen molar-refractivity contribution >= 4 is 11.5 Å². The number of pyridine rings is 1. The number of nitrogens with zero attached hydrogens (tertiary/aromatic N) is 3. The molecule has 1 aromatic heterocycles. The Labute approximate surface area is 104 Å². The van der Waals surface area contributed by atoms with Gasteiger partial charge in [-0.1, -0.05) is 24.3 Å². The Bertz CT molecular complexity index is 545. The Hall–Kier alpha value is -2.47. The quantitative estimate of drug-likeness (QED) is 0.655. The number of rotatable bonds is 4. The molecule has 2 rings (SSSR count). The molecule has 92 valence electrons. The monoisotopic (exact) mass is 244 g/mol. The number of nitrogens with two attached hydrogens (primary N) is 1. The van der Waals surface area contributed by atoms with Gasteiger partial charge in [0.05, 0.1) is 0 Å². The lowest BCUT2D eigenvalue weighted by molar-refractivity contribution is -0.483. The maximum atomic E-state index is 11.2. The third-order valence-corrected chi connectivity index (χ3v) is 2.45. The van der Waals surface area contributed by atoms with E-state index in [1.165, 1.54) is 6.20 Å². The fraction of sp³-hybridized carbons (Fsp3) is 0.0833. The summed E-state index contributed by atoms with van der Waals surface area (Å²) in [5.74, 6) is 0.246. The standard InChI is InChI=1S/C12H12N4O2/c13-9-10-5-4-8-14-12(10)15(16(17)18)11-6-2-1-3-7-11/h1-8H,9,13H2. The molecule has 0 bridgehead atoms. The van der Waals surface area contributed by atoms with E-state index in [9.17, 15) is 10.1 Å². The molecule has 0 amide bonds. The minimum absolute atomic E-state index is 0.195. The van der Waals surface area contributed by atoms with Crippen molar-refractivity contribution in [1.82, 2.24) is 4.98 Å². The zero-order valence-corrected chi connectivity index (χ0v) is 9.56. The average molecular weight is 244 g/mol. The van der Waals surface area contributed by atoms with Crippen LogP contribution >= 0.6 is 0 Å². The zero-order chi connectivity index (χ0) is 13.0. The van der Waals surface area contributed by atoms with E-state index >= 15 is 0 Å². The van der Waals surface area contributed by atoms with Crippen molar-refractivity contribution in [3.8, 4) is 0 Å². The van der Waals surface area contributed by atoms with Gasteiger partial charge in [0.1, 0.15) is 5.69 Å². The summed E-state index contributed by atoms with van der Waals surface area (Å²) in [4.78, 5) is 15.3. The molecule has 18 heavy (non-hydrogen) atoms. The summed E-state index contributed by atoms with van der Waals surface area (Å²) in [6, 6.07) is 12.0. The second-order valence-corrected chi connectivity index (χ2v) is 3.58. The van der Waals surface area contributed by atoms with E-state index in [0.717, 1.165) is 5.01 Å². The SMILES string of the molecule is NCc1cccnc1N(c1ccccc1)[N+](=O)[O-]. The predicted octanol–water partition coefficient (Wildman–Crippen LogP) is 1.87. The summed E-state index contributed by atoms with van der Waals surface area (Å²) >= 11 is 0. The Kier molecular flexibility index (Phi) is 3.49. The Morgan fingerprint density at radius 2 is 1.94 bits per heavy atom. The van der Waals surface area contributed by atoms with Crippen molar-refractivity contribution in [2.45, 2.75) is 6.54 Å². The molecule has 0 spiro atoms. The highest BCUT2D eigenvalue weighted by Crippen LogP contribution is 2.25. The van der Waals surface area contributed by atoms with Gasteiger partial charge in [0.15, 0.2) is 5.03 Å². The smallest absolute Gasteiger partial charge is 0.204 e. The van der Waals surface area contributed by atoms with Crippen LogP contribution in [0, 0.1) is 10.1 Å². The summed E-state index contributed by atoms with van der Waals surface area (Å²) in [5.41, 5.74) is 6.64. The topological polar surface area (TPSA) is 85.3 Å². The predicted molar refractivity (Wildman–Crippen MR) is 67.7 cm³/mol. The first kappa shape index (κ1) is 12.0. The van der Waals surface area contributed by atoms with Crippen molar-refractivity contribution in [3.63, 3.8) is 0 Å². The van der Waals surface area contributed by atoms with Crippen LogP contribution in [0.4, 0.5) is 11.5 Å². The Morgan fingerprint density at radius 1 is 1.22 bits per heavy atom. The summed E-state index contributed by atoms with van der Waals surface area (Å²) in [7, 11) is 0. The molecule has 0 saturated carbocycles. The molecule has 6 nitrogen and oxygen atoms in total. The minimum Gasteiger partial charge on any atom is -0.326 e. The highest BCUT2D eigenvalue weighted by Gasteiger charge is 2.23. The first-order valence-corrected chi connectivity index (χ1v) is 5.37.